The predicted molar refractivity (Wildman–Crippen MR) is 71.7 cm³/mol. The van der Waals surface area contributed by atoms with E-state index in [2.05, 4.69) is 42.8 Å². The summed E-state index contributed by atoms with van der Waals surface area (Å²) < 4.78 is 6.57. The molecule has 1 rings (SSSR count). The minimum absolute atomic E-state index is 0.0801. The Morgan fingerprint density at radius 1 is 1.38 bits per heavy atom. The molecule has 0 heterocycles. The van der Waals surface area contributed by atoms with E-state index in [1.165, 1.54) is 0 Å². The van der Waals surface area contributed by atoms with E-state index >= 15 is 0 Å². The third-order valence-electron chi connectivity index (χ3n) is 2.52. The van der Waals surface area contributed by atoms with Gasteiger partial charge in [0, 0.05) is 6.04 Å². The van der Waals surface area contributed by atoms with Crippen LogP contribution in [0.25, 0.3) is 0 Å². The summed E-state index contributed by atoms with van der Waals surface area (Å²) in [5.74, 6) is 1.33. The maximum absolute atomic E-state index is 6.10. The summed E-state index contributed by atoms with van der Waals surface area (Å²) in [6, 6.07) is 6.16. The first-order valence-electron chi connectivity index (χ1n) is 5.74. The van der Waals surface area contributed by atoms with Crippen LogP contribution in [0.4, 0.5) is 0 Å². The Kier molecular flexibility index (Phi) is 5.29. The van der Waals surface area contributed by atoms with Crippen molar-refractivity contribution in [3.63, 3.8) is 0 Å². The first-order valence-corrected chi connectivity index (χ1v) is 6.53. The van der Waals surface area contributed by atoms with E-state index in [4.69, 9.17) is 10.5 Å². The molecule has 0 aromatic heterocycles. The Hall–Kier alpha value is -0.540. The van der Waals surface area contributed by atoms with Gasteiger partial charge in [0.2, 0.25) is 0 Å². The molecule has 1 atom stereocenters. The lowest BCUT2D eigenvalue weighted by atomic mass is 9.97. The minimum atomic E-state index is 0.0801. The highest BCUT2D eigenvalue weighted by Crippen LogP contribution is 2.29. The van der Waals surface area contributed by atoms with E-state index in [1.807, 2.05) is 12.1 Å². The zero-order valence-electron chi connectivity index (χ0n) is 10.2. The number of nitrogens with two attached hydrogens (primary N) is 1. The molecule has 0 aliphatic heterocycles. The molecule has 2 N–H and O–H groups in total. The molecule has 1 unspecified atom stereocenters. The van der Waals surface area contributed by atoms with Crippen LogP contribution in [0, 0.1) is 5.92 Å². The molecule has 0 radical (unpaired) electrons. The van der Waals surface area contributed by atoms with Gasteiger partial charge in [-0.2, -0.15) is 0 Å². The van der Waals surface area contributed by atoms with Crippen LogP contribution in [0.3, 0.4) is 0 Å². The third-order valence-corrected chi connectivity index (χ3v) is 3.14. The monoisotopic (exact) mass is 285 g/mol. The van der Waals surface area contributed by atoms with E-state index in [0.717, 1.165) is 28.8 Å². The van der Waals surface area contributed by atoms with Crippen LogP contribution in [0.1, 0.15) is 38.8 Å². The van der Waals surface area contributed by atoms with Crippen LogP contribution in [0.2, 0.25) is 0 Å². The third kappa shape index (κ3) is 3.49. The summed E-state index contributed by atoms with van der Waals surface area (Å²) in [6.07, 6.45) is 1.01. The SMILES string of the molecule is CCCOc1ccc(C(N)C(C)C)cc1Br. The minimum Gasteiger partial charge on any atom is -0.492 e. The van der Waals surface area contributed by atoms with Gasteiger partial charge in [0.15, 0.2) is 0 Å². The van der Waals surface area contributed by atoms with Crippen LogP contribution in [0.15, 0.2) is 22.7 Å². The highest BCUT2D eigenvalue weighted by Gasteiger charge is 2.12. The predicted octanol–water partition coefficient (Wildman–Crippen LogP) is 3.89. The van der Waals surface area contributed by atoms with E-state index < -0.39 is 0 Å². The van der Waals surface area contributed by atoms with Gasteiger partial charge in [0.25, 0.3) is 0 Å². The molecule has 90 valence electrons. The van der Waals surface area contributed by atoms with E-state index in [1.54, 1.807) is 0 Å². The summed E-state index contributed by atoms with van der Waals surface area (Å²) in [5, 5.41) is 0. The molecule has 16 heavy (non-hydrogen) atoms. The summed E-state index contributed by atoms with van der Waals surface area (Å²) >= 11 is 3.51. The molecule has 0 saturated carbocycles. The van der Waals surface area contributed by atoms with Gasteiger partial charge in [-0.05, 0) is 46.0 Å². The van der Waals surface area contributed by atoms with Crippen molar-refractivity contribution < 1.29 is 4.74 Å². The molecule has 0 fully saturated rings. The zero-order valence-corrected chi connectivity index (χ0v) is 11.8. The Labute approximate surface area is 106 Å². The van der Waals surface area contributed by atoms with Crippen molar-refractivity contribution in [3.05, 3.63) is 28.2 Å². The molecule has 0 saturated heterocycles. The summed E-state index contributed by atoms with van der Waals surface area (Å²) in [5.41, 5.74) is 7.24. The Morgan fingerprint density at radius 2 is 2.06 bits per heavy atom. The number of rotatable bonds is 5. The number of benzene rings is 1. The average Bonchev–Trinajstić information content (AvgIpc) is 2.26. The molecular weight excluding hydrogens is 266 g/mol. The smallest absolute Gasteiger partial charge is 0.133 e. The van der Waals surface area contributed by atoms with Crippen molar-refractivity contribution in [1.82, 2.24) is 0 Å². The number of halogens is 1. The normalized spacial score (nSPS) is 12.9. The second-order valence-corrected chi connectivity index (χ2v) is 5.16. The second kappa shape index (κ2) is 6.26. The second-order valence-electron chi connectivity index (χ2n) is 4.31. The van der Waals surface area contributed by atoms with Gasteiger partial charge < -0.3 is 10.5 Å². The van der Waals surface area contributed by atoms with Crippen LogP contribution >= 0.6 is 15.9 Å². The first kappa shape index (κ1) is 13.5. The maximum atomic E-state index is 6.10. The highest BCUT2D eigenvalue weighted by molar-refractivity contribution is 9.10. The molecular formula is C13H20BrNO. The van der Waals surface area contributed by atoms with Gasteiger partial charge in [-0.3, -0.25) is 0 Å². The quantitative estimate of drug-likeness (QED) is 0.891. The fraction of sp³-hybridized carbons (Fsp3) is 0.538. The molecule has 3 heteroatoms. The number of ether oxygens (including phenoxy) is 1. The molecule has 2 nitrogen and oxygen atoms in total. The molecule has 0 bridgehead atoms. The molecule has 0 amide bonds. The molecule has 0 spiro atoms. The highest BCUT2D eigenvalue weighted by atomic mass is 79.9. The van der Waals surface area contributed by atoms with Crippen LogP contribution in [-0.4, -0.2) is 6.61 Å². The Bertz CT molecular complexity index is 339. The first-order chi connectivity index (χ1) is 7.56. The van der Waals surface area contributed by atoms with Crippen molar-refractivity contribution in [1.29, 1.82) is 0 Å². The van der Waals surface area contributed by atoms with E-state index in [0.29, 0.717) is 5.92 Å². The molecule has 1 aromatic rings. The standard InChI is InChI=1S/C13H20BrNO/c1-4-7-16-12-6-5-10(8-11(12)14)13(15)9(2)3/h5-6,8-9,13H,4,7,15H2,1-3H3. The van der Waals surface area contributed by atoms with Gasteiger partial charge in [-0.1, -0.05) is 26.8 Å². The van der Waals surface area contributed by atoms with Gasteiger partial charge in [0.05, 0.1) is 11.1 Å². The molecule has 0 aliphatic rings. The van der Waals surface area contributed by atoms with Crippen molar-refractivity contribution in [2.24, 2.45) is 11.7 Å². The largest absolute Gasteiger partial charge is 0.492 e. The van der Waals surface area contributed by atoms with Gasteiger partial charge in [0.1, 0.15) is 5.75 Å². The topological polar surface area (TPSA) is 35.2 Å². The molecule has 1 aromatic carbocycles. The van der Waals surface area contributed by atoms with Crippen molar-refractivity contribution in [2.45, 2.75) is 33.2 Å². The summed E-state index contributed by atoms with van der Waals surface area (Å²) in [4.78, 5) is 0. The lowest BCUT2D eigenvalue weighted by Crippen LogP contribution is -2.16. The van der Waals surface area contributed by atoms with Crippen molar-refractivity contribution in [2.75, 3.05) is 6.61 Å². The van der Waals surface area contributed by atoms with Crippen LogP contribution < -0.4 is 10.5 Å². The van der Waals surface area contributed by atoms with Crippen molar-refractivity contribution >= 4 is 15.9 Å². The lowest BCUT2D eigenvalue weighted by Gasteiger charge is -2.17. The number of hydrogen-bond acceptors (Lipinski definition) is 2. The molecule has 0 aliphatic carbocycles. The van der Waals surface area contributed by atoms with E-state index in [9.17, 15) is 0 Å². The van der Waals surface area contributed by atoms with E-state index in [-0.39, 0.29) is 6.04 Å². The van der Waals surface area contributed by atoms with Crippen LogP contribution in [-0.2, 0) is 0 Å². The van der Waals surface area contributed by atoms with Crippen LogP contribution in [0.5, 0.6) is 5.75 Å². The number of hydrogen-bond donors (Lipinski definition) is 1. The average molecular weight is 286 g/mol. The summed E-state index contributed by atoms with van der Waals surface area (Å²) in [6.45, 7) is 7.09. The summed E-state index contributed by atoms with van der Waals surface area (Å²) in [7, 11) is 0. The van der Waals surface area contributed by atoms with Crippen molar-refractivity contribution in [3.8, 4) is 5.75 Å². The van der Waals surface area contributed by atoms with Gasteiger partial charge >= 0.3 is 0 Å². The lowest BCUT2D eigenvalue weighted by molar-refractivity contribution is 0.315. The maximum Gasteiger partial charge on any atom is 0.133 e. The Morgan fingerprint density at radius 3 is 2.56 bits per heavy atom. The fourth-order valence-electron chi connectivity index (χ4n) is 1.44. The Balaban J connectivity index is 2.82. The fourth-order valence-corrected chi connectivity index (χ4v) is 1.95. The van der Waals surface area contributed by atoms with Gasteiger partial charge in [-0.25, -0.2) is 0 Å². The van der Waals surface area contributed by atoms with Gasteiger partial charge in [-0.15, -0.1) is 0 Å². The zero-order chi connectivity index (χ0) is 12.1.